The van der Waals surface area contributed by atoms with Gasteiger partial charge in [-0.15, -0.1) is 5.06 Å². The van der Waals surface area contributed by atoms with Crippen molar-refractivity contribution in [1.29, 1.82) is 0 Å². The standard InChI is InChI=1S/C18H11NO9/c20-14-9-3-1-2-4-10(9)15(21)19(14)28-13(18(26)27)8-5-6-11(16(22)23)12(7-8)17(24)25/h1-7,13H,(H,22,23)(H,24,25)(H,26,27). The van der Waals surface area contributed by atoms with Gasteiger partial charge in [-0.05, 0) is 29.8 Å². The first-order chi connectivity index (χ1) is 13.2. The average molecular weight is 385 g/mol. The molecule has 0 bridgehead atoms. The quantitative estimate of drug-likeness (QED) is 0.625. The molecule has 10 nitrogen and oxygen atoms in total. The van der Waals surface area contributed by atoms with E-state index in [9.17, 15) is 34.2 Å². The summed E-state index contributed by atoms with van der Waals surface area (Å²) in [6.45, 7) is 0. The Morgan fingerprint density at radius 3 is 1.82 bits per heavy atom. The lowest BCUT2D eigenvalue weighted by molar-refractivity contribution is -0.176. The van der Waals surface area contributed by atoms with Gasteiger partial charge in [-0.1, -0.05) is 18.2 Å². The van der Waals surface area contributed by atoms with Crippen LogP contribution >= 0.6 is 0 Å². The number of hydroxylamine groups is 2. The van der Waals surface area contributed by atoms with E-state index in [-0.39, 0.29) is 21.8 Å². The number of hydrogen-bond acceptors (Lipinski definition) is 6. The SMILES string of the molecule is O=C(O)c1ccc(C(ON2C(=O)c3ccccc3C2=O)C(=O)O)cc1C(=O)O. The van der Waals surface area contributed by atoms with Crippen LogP contribution < -0.4 is 0 Å². The average Bonchev–Trinajstić information content (AvgIpc) is 2.90. The van der Waals surface area contributed by atoms with Crippen molar-refractivity contribution in [3.63, 3.8) is 0 Å². The van der Waals surface area contributed by atoms with Crippen LogP contribution in [0, 0.1) is 0 Å². The van der Waals surface area contributed by atoms with Gasteiger partial charge < -0.3 is 15.3 Å². The number of benzene rings is 2. The molecule has 0 saturated carbocycles. The number of carboxylic acid groups (broad SMARTS) is 3. The van der Waals surface area contributed by atoms with Gasteiger partial charge in [0.15, 0.2) is 0 Å². The Kier molecular flexibility index (Phi) is 4.64. The number of carbonyl (C=O) groups is 5. The molecular formula is C18H11NO9. The van der Waals surface area contributed by atoms with E-state index in [4.69, 9.17) is 9.94 Å². The molecule has 10 heteroatoms. The Labute approximate surface area is 156 Å². The summed E-state index contributed by atoms with van der Waals surface area (Å²) in [6.07, 6.45) is -1.93. The summed E-state index contributed by atoms with van der Waals surface area (Å²) in [7, 11) is 0. The van der Waals surface area contributed by atoms with E-state index in [1.807, 2.05) is 0 Å². The van der Waals surface area contributed by atoms with E-state index in [1.165, 1.54) is 24.3 Å². The molecular weight excluding hydrogens is 374 g/mol. The number of carbonyl (C=O) groups excluding carboxylic acids is 2. The zero-order valence-corrected chi connectivity index (χ0v) is 13.9. The maximum Gasteiger partial charge on any atom is 0.340 e. The van der Waals surface area contributed by atoms with E-state index in [1.54, 1.807) is 0 Å². The highest BCUT2D eigenvalue weighted by Crippen LogP contribution is 2.28. The predicted molar refractivity (Wildman–Crippen MR) is 88.8 cm³/mol. The number of aromatic carboxylic acids is 2. The molecule has 1 aliphatic heterocycles. The highest BCUT2D eigenvalue weighted by atomic mass is 16.7. The molecule has 1 heterocycles. The Morgan fingerprint density at radius 1 is 0.821 bits per heavy atom. The first kappa shape index (κ1) is 18.7. The summed E-state index contributed by atoms with van der Waals surface area (Å²) >= 11 is 0. The summed E-state index contributed by atoms with van der Waals surface area (Å²) in [5.74, 6) is -6.46. The van der Waals surface area contributed by atoms with E-state index in [2.05, 4.69) is 0 Å². The van der Waals surface area contributed by atoms with Crippen LogP contribution in [0.2, 0.25) is 0 Å². The maximum absolute atomic E-state index is 12.3. The van der Waals surface area contributed by atoms with Crippen LogP contribution in [0.1, 0.15) is 53.1 Å². The van der Waals surface area contributed by atoms with Crippen LogP contribution in [-0.2, 0) is 9.63 Å². The molecule has 3 N–H and O–H groups in total. The van der Waals surface area contributed by atoms with E-state index in [0.29, 0.717) is 0 Å². The molecule has 1 atom stereocenters. The fourth-order valence-corrected chi connectivity index (χ4v) is 2.71. The molecule has 28 heavy (non-hydrogen) atoms. The molecule has 0 fully saturated rings. The summed E-state index contributed by atoms with van der Waals surface area (Å²) in [5, 5.41) is 28.0. The van der Waals surface area contributed by atoms with Crippen LogP contribution in [0.4, 0.5) is 0 Å². The van der Waals surface area contributed by atoms with Crippen LogP contribution in [0.15, 0.2) is 42.5 Å². The summed E-state index contributed by atoms with van der Waals surface area (Å²) in [4.78, 5) is 63.8. The highest BCUT2D eigenvalue weighted by Gasteiger charge is 2.40. The molecule has 1 unspecified atom stereocenters. The molecule has 142 valence electrons. The molecule has 1 aliphatic rings. The second-order valence-corrected chi connectivity index (χ2v) is 5.69. The predicted octanol–water partition coefficient (Wildman–Crippen LogP) is 1.44. The van der Waals surface area contributed by atoms with Crippen LogP contribution in [-0.4, -0.2) is 50.1 Å². The summed E-state index contributed by atoms with van der Waals surface area (Å²) in [5.41, 5.74) is -1.41. The lowest BCUT2D eigenvalue weighted by Crippen LogP contribution is -2.34. The third-order valence-corrected chi connectivity index (χ3v) is 4.00. The van der Waals surface area contributed by atoms with Crippen molar-refractivity contribution in [2.24, 2.45) is 0 Å². The second kappa shape index (κ2) is 6.93. The number of rotatable bonds is 6. The van der Waals surface area contributed by atoms with Crippen molar-refractivity contribution >= 4 is 29.7 Å². The number of carboxylic acids is 3. The molecule has 0 saturated heterocycles. The number of aliphatic carboxylic acids is 1. The topological polar surface area (TPSA) is 159 Å². The van der Waals surface area contributed by atoms with Gasteiger partial charge in [-0.3, -0.25) is 9.59 Å². The van der Waals surface area contributed by atoms with Crippen molar-refractivity contribution in [2.75, 3.05) is 0 Å². The Balaban J connectivity index is 1.98. The van der Waals surface area contributed by atoms with Crippen molar-refractivity contribution in [1.82, 2.24) is 5.06 Å². The van der Waals surface area contributed by atoms with Gasteiger partial charge in [-0.2, -0.15) is 0 Å². The molecule has 0 aromatic heterocycles. The zero-order chi connectivity index (χ0) is 20.6. The number of amides is 2. The van der Waals surface area contributed by atoms with Crippen molar-refractivity contribution < 1.29 is 44.1 Å². The molecule has 2 aromatic carbocycles. The first-order valence-corrected chi connectivity index (χ1v) is 7.70. The van der Waals surface area contributed by atoms with Gasteiger partial charge in [-0.25, -0.2) is 19.2 Å². The highest BCUT2D eigenvalue weighted by molar-refractivity contribution is 6.20. The molecule has 2 aromatic rings. The van der Waals surface area contributed by atoms with Gasteiger partial charge >= 0.3 is 17.9 Å². The van der Waals surface area contributed by atoms with Crippen molar-refractivity contribution in [3.05, 3.63) is 70.3 Å². The Morgan fingerprint density at radius 2 is 1.36 bits per heavy atom. The number of nitrogens with zero attached hydrogens (tertiary/aromatic N) is 1. The van der Waals surface area contributed by atoms with Crippen LogP contribution in [0.5, 0.6) is 0 Å². The summed E-state index contributed by atoms with van der Waals surface area (Å²) < 4.78 is 0. The van der Waals surface area contributed by atoms with Crippen LogP contribution in [0.25, 0.3) is 0 Å². The minimum absolute atomic E-state index is 0.0316. The van der Waals surface area contributed by atoms with Crippen molar-refractivity contribution in [2.45, 2.75) is 6.10 Å². The van der Waals surface area contributed by atoms with Gasteiger partial charge in [0.25, 0.3) is 11.8 Å². The smallest absolute Gasteiger partial charge is 0.340 e. The lowest BCUT2D eigenvalue weighted by atomic mass is 10.0. The van der Waals surface area contributed by atoms with E-state index >= 15 is 0 Å². The zero-order valence-electron chi connectivity index (χ0n) is 13.9. The number of hydrogen-bond donors (Lipinski definition) is 3. The molecule has 0 spiro atoms. The van der Waals surface area contributed by atoms with Gasteiger partial charge in [0.05, 0.1) is 22.3 Å². The van der Waals surface area contributed by atoms with Crippen LogP contribution in [0.3, 0.4) is 0 Å². The first-order valence-electron chi connectivity index (χ1n) is 7.70. The fraction of sp³-hybridized carbons (Fsp3) is 0.0556. The molecule has 0 radical (unpaired) electrons. The number of imide groups is 1. The minimum atomic E-state index is -1.93. The molecule has 2 amide bonds. The van der Waals surface area contributed by atoms with E-state index in [0.717, 1.165) is 18.2 Å². The monoisotopic (exact) mass is 385 g/mol. The number of fused-ring (bicyclic) bond motifs is 1. The normalized spacial score (nSPS) is 13.9. The lowest BCUT2D eigenvalue weighted by Gasteiger charge is -2.20. The van der Waals surface area contributed by atoms with Gasteiger partial charge in [0, 0.05) is 0 Å². The maximum atomic E-state index is 12.3. The summed E-state index contributed by atoms with van der Waals surface area (Å²) in [6, 6.07) is 8.54. The Hall–Kier alpha value is -4.05. The van der Waals surface area contributed by atoms with Crippen molar-refractivity contribution in [3.8, 4) is 0 Å². The largest absolute Gasteiger partial charge is 0.479 e. The fourth-order valence-electron chi connectivity index (χ4n) is 2.71. The molecule has 0 aliphatic carbocycles. The van der Waals surface area contributed by atoms with E-state index < -0.39 is 47.0 Å². The molecule has 3 rings (SSSR count). The van der Waals surface area contributed by atoms with Gasteiger partial charge in [0.1, 0.15) is 0 Å². The minimum Gasteiger partial charge on any atom is -0.479 e. The third-order valence-electron chi connectivity index (χ3n) is 4.00. The second-order valence-electron chi connectivity index (χ2n) is 5.69. The van der Waals surface area contributed by atoms with Gasteiger partial charge in [0.2, 0.25) is 6.10 Å². The Bertz CT molecular complexity index is 1010. The third kappa shape index (κ3) is 3.08.